The predicted molar refractivity (Wildman–Crippen MR) is 112 cm³/mol. The average molecular weight is 370 g/mol. The van der Waals surface area contributed by atoms with Gasteiger partial charge in [0.15, 0.2) is 5.65 Å². The van der Waals surface area contributed by atoms with Gasteiger partial charge in [-0.1, -0.05) is 36.4 Å². The van der Waals surface area contributed by atoms with Gasteiger partial charge in [-0.2, -0.15) is 0 Å². The summed E-state index contributed by atoms with van der Waals surface area (Å²) in [5.74, 6) is 0. The van der Waals surface area contributed by atoms with Gasteiger partial charge in [0.25, 0.3) is 0 Å². The van der Waals surface area contributed by atoms with Gasteiger partial charge in [-0.05, 0) is 60.8 Å². The topological polar surface area (TPSA) is 51.9 Å². The van der Waals surface area contributed by atoms with E-state index in [1.807, 2.05) is 34.9 Å². The molecule has 0 spiro atoms. The van der Waals surface area contributed by atoms with E-state index in [4.69, 9.17) is 0 Å². The van der Waals surface area contributed by atoms with Crippen molar-refractivity contribution in [3.05, 3.63) is 82.9 Å². The summed E-state index contributed by atoms with van der Waals surface area (Å²) in [5, 5.41) is 3.35. The van der Waals surface area contributed by atoms with E-state index in [0.29, 0.717) is 0 Å². The zero-order valence-corrected chi connectivity index (χ0v) is 15.8. The highest BCUT2D eigenvalue weighted by Gasteiger charge is 2.24. The van der Waals surface area contributed by atoms with Crippen LogP contribution in [0.5, 0.6) is 0 Å². The Hall–Kier alpha value is -3.18. The summed E-state index contributed by atoms with van der Waals surface area (Å²) in [5.41, 5.74) is 6.05. The van der Waals surface area contributed by atoms with E-state index in [2.05, 4.69) is 47.6 Å². The summed E-state index contributed by atoms with van der Waals surface area (Å²) in [7, 11) is 0. The van der Waals surface area contributed by atoms with Crippen molar-refractivity contribution >= 4 is 11.2 Å². The van der Waals surface area contributed by atoms with Crippen molar-refractivity contribution < 1.29 is 0 Å². The van der Waals surface area contributed by atoms with Gasteiger partial charge in [0.2, 0.25) is 0 Å². The molecule has 1 N–H and O–H groups in total. The quantitative estimate of drug-likeness (QED) is 0.598. The summed E-state index contributed by atoms with van der Waals surface area (Å²) in [4.78, 5) is 17.9. The third kappa shape index (κ3) is 2.67. The first-order valence-electron chi connectivity index (χ1n) is 9.69. The molecule has 1 unspecified atom stereocenters. The van der Waals surface area contributed by atoms with Crippen molar-refractivity contribution in [1.29, 1.82) is 0 Å². The first-order chi connectivity index (χ1) is 13.7. The second-order valence-electron chi connectivity index (χ2n) is 7.34. The van der Waals surface area contributed by atoms with Gasteiger partial charge >= 0.3 is 5.69 Å². The largest absolute Gasteiger partial charge is 0.335 e. The Bertz CT molecular complexity index is 1200. The van der Waals surface area contributed by atoms with Gasteiger partial charge in [0.1, 0.15) is 0 Å². The SMILES string of the molecule is Cc1ccccc1-c1ccc(-n2c(=O)n(C3CCNC3)c3ncccc32)cc1. The lowest BCUT2D eigenvalue weighted by atomic mass is 10.0. The first-order valence-corrected chi connectivity index (χ1v) is 9.69. The fourth-order valence-electron chi connectivity index (χ4n) is 4.18. The molecule has 2 aromatic heterocycles. The second kappa shape index (κ2) is 6.77. The normalized spacial score (nSPS) is 16.7. The molecule has 2 aromatic carbocycles. The maximum Gasteiger partial charge on any atom is 0.335 e. The monoisotopic (exact) mass is 370 g/mol. The van der Waals surface area contributed by atoms with Crippen LogP contribution in [0, 0.1) is 6.92 Å². The van der Waals surface area contributed by atoms with Gasteiger partial charge in [-0.3, -0.25) is 9.13 Å². The van der Waals surface area contributed by atoms with Gasteiger partial charge in [-0.25, -0.2) is 9.78 Å². The smallest absolute Gasteiger partial charge is 0.315 e. The van der Waals surface area contributed by atoms with Crippen LogP contribution in [0.2, 0.25) is 0 Å². The number of aromatic nitrogens is 3. The Morgan fingerprint density at radius 2 is 1.86 bits per heavy atom. The van der Waals surface area contributed by atoms with Crippen LogP contribution in [0.15, 0.2) is 71.7 Å². The summed E-state index contributed by atoms with van der Waals surface area (Å²) < 4.78 is 3.63. The lowest BCUT2D eigenvalue weighted by Crippen LogP contribution is -2.28. The standard InChI is InChI=1S/C23H22N4O/c1-16-5-2-3-6-20(16)17-8-10-18(11-9-17)26-21-7-4-13-25-22(21)27(23(26)28)19-12-14-24-15-19/h2-11,13,19,24H,12,14-15H2,1H3. The summed E-state index contributed by atoms with van der Waals surface area (Å²) >= 11 is 0. The van der Waals surface area contributed by atoms with E-state index in [1.54, 1.807) is 10.8 Å². The van der Waals surface area contributed by atoms with Crippen LogP contribution in [0.25, 0.3) is 28.0 Å². The molecule has 0 aliphatic carbocycles. The molecule has 0 bridgehead atoms. The number of hydrogen-bond donors (Lipinski definition) is 1. The Balaban J connectivity index is 1.65. The molecule has 0 radical (unpaired) electrons. The Morgan fingerprint density at radius 1 is 1.04 bits per heavy atom. The summed E-state index contributed by atoms with van der Waals surface area (Å²) in [6, 6.07) is 20.6. The predicted octanol–water partition coefficient (Wildman–Crippen LogP) is 3.70. The van der Waals surface area contributed by atoms with Crippen LogP contribution in [0.3, 0.4) is 0 Å². The molecule has 0 amide bonds. The van der Waals surface area contributed by atoms with Gasteiger partial charge in [0, 0.05) is 12.7 Å². The van der Waals surface area contributed by atoms with Crippen molar-refractivity contribution in [2.45, 2.75) is 19.4 Å². The van der Waals surface area contributed by atoms with Crippen molar-refractivity contribution in [3.63, 3.8) is 0 Å². The van der Waals surface area contributed by atoms with Crippen LogP contribution < -0.4 is 11.0 Å². The summed E-state index contributed by atoms with van der Waals surface area (Å²) in [6.45, 7) is 3.85. The van der Waals surface area contributed by atoms with Crippen LogP contribution in [0.1, 0.15) is 18.0 Å². The Morgan fingerprint density at radius 3 is 2.61 bits per heavy atom. The molecule has 4 aromatic rings. The number of hydrogen-bond acceptors (Lipinski definition) is 3. The van der Waals surface area contributed by atoms with Gasteiger partial charge in [0.05, 0.1) is 17.2 Å². The molecule has 5 rings (SSSR count). The highest BCUT2D eigenvalue weighted by Crippen LogP contribution is 2.26. The third-order valence-corrected chi connectivity index (χ3v) is 5.61. The zero-order chi connectivity index (χ0) is 19.1. The molecule has 1 aliphatic heterocycles. The number of nitrogens with zero attached hydrogens (tertiary/aromatic N) is 3. The van der Waals surface area contributed by atoms with E-state index < -0.39 is 0 Å². The van der Waals surface area contributed by atoms with E-state index in [9.17, 15) is 4.79 Å². The van der Waals surface area contributed by atoms with Crippen LogP contribution in [0.4, 0.5) is 0 Å². The molecule has 0 saturated carbocycles. The minimum Gasteiger partial charge on any atom is -0.315 e. The second-order valence-corrected chi connectivity index (χ2v) is 7.34. The number of benzene rings is 2. The fourth-order valence-corrected chi connectivity index (χ4v) is 4.18. The van der Waals surface area contributed by atoms with Crippen molar-refractivity contribution in [2.24, 2.45) is 0 Å². The molecule has 1 saturated heterocycles. The fraction of sp³-hybridized carbons (Fsp3) is 0.217. The molecule has 3 heterocycles. The van der Waals surface area contributed by atoms with Crippen LogP contribution in [-0.2, 0) is 0 Å². The number of imidazole rings is 1. The zero-order valence-electron chi connectivity index (χ0n) is 15.8. The van der Waals surface area contributed by atoms with Crippen molar-refractivity contribution in [1.82, 2.24) is 19.4 Å². The summed E-state index contributed by atoms with van der Waals surface area (Å²) in [6.07, 6.45) is 2.70. The highest BCUT2D eigenvalue weighted by molar-refractivity contribution is 5.75. The van der Waals surface area contributed by atoms with Gasteiger partial charge in [-0.15, -0.1) is 0 Å². The lowest BCUT2D eigenvalue weighted by Gasteiger charge is -2.09. The number of fused-ring (bicyclic) bond motifs is 1. The molecular weight excluding hydrogens is 348 g/mol. The first kappa shape index (κ1) is 17.0. The molecular formula is C23H22N4O. The van der Waals surface area contributed by atoms with Crippen LogP contribution in [-0.4, -0.2) is 27.2 Å². The van der Waals surface area contributed by atoms with Gasteiger partial charge < -0.3 is 5.32 Å². The number of nitrogens with one attached hydrogen (secondary N) is 1. The average Bonchev–Trinajstić information content (AvgIpc) is 3.34. The van der Waals surface area contributed by atoms with Crippen molar-refractivity contribution in [2.75, 3.05) is 13.1 Å². The molecule has 28 heavy (non-hydrogen) atoms. The molecule has 1 atom stereocenters. The van der Waals surface area contributed by atoms with E-state index in [0.717, 1.165) is 41.9 Å². The van der Waals surface area contributed by atoms with E-state index in [-0.39, 0.29) is 11.7 Å². The maximum absolute atomic E-state index is 13.3. The number of rotatable bonds is 3. The van der Waals surface area contributed by atoms with Crippen LogP contribution >= 0.6 is 0 Å². The van der Waals surface area contributed by atoms with E-state index >= 15 is 0 Å². The number of aryl methyl sites for hydroxylation is 1. The Labute approximate surface area is 163 Å². The van der Waals surface area contributed by atoms with Crippen molar-refractivity contribution in [3.8, 4) is 16.8 Å². The third-order valence-electron chi connectivity index (χ3n) is 5.61. The Kier molecular flexibility index (Phi) is 4.10. The molecule has 5 nitrogen and oxygen atoms in total. The minimum absolute atomic E-state index is 0.0222. The highest BCUT2D eigenvalue weighted by atomic mass is 16.1. The molecule has 5 heteroatoms. The van der Waals surface area contributed by atoms with E-state index in [1.165, 1.54) is 11.1 Å². The minimum atomic E-state index is -0.0222. The molecule has 1 fully saturated rings. The number of pyridine rings is 1. The maximum atomic E-state index is 13.3. The molecule has 1 aliphatic rings. The molecule has 140 valence electrons. The lowest BCUT2D eigenvalue weighted by molar-refractivity contribution is 0.537.